The SMILES string of the molecule is CCc1cnc(Nc2cc([N+](=O)[O-])c(N(C)CCN(C)C)cc2OC)nc1/C(C=N)=C1\C=CC=CN1. The first-order valence-electron chi connectivity index (χ1n) is 11.5. The number of aryl methyl sites for hydroxylation is 1. The fraction of sp³-hybridized carbons (Fsp3) is 0.320. The minimum Gasteiger partial charge on any atom is -0.494 e. The lowest BCUT2D eigenvalue weighted by Crippen LogP contribution is -2.29. The second-order valence-electron chi connectivity index (χ2n) is 8.40. The normalized spacial score (nSPS) is 13.8. The lowest BCUT2D eigenvalue weighted by molar-refractivity contribution is -0.384. The molecule has 1 aliphatic rings. The van der Waals surface area contributed by atoms with E-state index in [4.69, 9.17) is 10.1 Å². The first-order valence-corrected chi connectivity index (χ1v) is 11.5. The van der Waals surface area contributed by atoms with Gasteiger partial charge in [0.15, 0.2) is 0 Å². The zero-order valence-electron chi connectivity index (χ0n) is 21.2. The van der Waals surface area contributed by atoms with E-state index in [-0.39, 0.29) is 11.6 Å². The van der Waals surface area contributed by atoms with Crippen LogP contribution < -0.4 is 20.3 Å². The fourth-order valence-corrected chi connectivity index (χ4v) is 3.66. The average Bonchev–Trinajstić information content (AvgIpc) is 2.88. The van der Waals surface area contributed by atoms with E-state index in [9.17, 15) is 10.1 Å². The number of hydrogen-bond acceptors (Lipinski definition) is 10. The molecular formula is C25H32N8O3. The molecule has 1 aliphatic heterocycles. The van der Waals surface area contributed by atoms with E-state index in [1.54, 1.807) is 18.5 Å². The van der Waals surface area contributed by atoms with Crippen molar-refractivity contribution in [3.05, 3.63) is 69.8 Å². The Kier molecular flexibility index (Phi) is 8.74. The van der Waals surface area contributed by atoms with Crippen LogP contribution in [0.1, 0.15) is 18.2 Å². The predicted molar refractivity (Wildman–Crippen MR) is 143 cm³/mol. The van der Waals surface area contributed by atoms with Gasteiger partial charge in [-0.2, -0.15) is 0 Å². The van der Waals surface area contributed by atoms with Crippen LogP contribution in [0.5, 0.6) is 5.75 Å². The van der Waals surface area contributed by atoms with Crippen molar-refractivity contribution in [3.8, 4) is 5.75 Å². The quantitative estimate of drug-likeness (QED) is 0.244. The van der Waals surface area contributed by atoms with Gasteiger partial charge in [-0.1, -0.05) is 13.0 Å². The van der Waals surface area contributed by atoms with Crippen molar-refractivity contribution in [2.24, 2.45) is 0 Å². The maximum absolute atomic E-state index is 11.9. The number of ether oxygens (including phenoxy) is 1. The van der Waals surface area contributed by atoms with Crippen LogP contribution in [0, 0.1) is 15.5 Å². The van der Waals surface area contributed by atoms with Crippen molar-refractivity contribution < 1.29 is 9.66 Å². The molecule has 3 rings (SSSR count). The van der Waals surface area contributed by atoms with E-state index in [2.05, 4.69) is 20.6 Å². The second kappa shape index (κ2) is 11.9. The fourth-order valence-electron chi connectivity index (χ4n) is 3.66. The Morgan fingerprint density at radius 3 is 2.64 bits per heavy atom. The van der Waals surface area contributed by atoms with Crippen molar-refractivity contribution in [1.82, 2.24) is 20.2 Å². The number of allylic oxidation sites excluding steroid dienone is 4. The standard InChI is InChI=1S/C25H32N8O3/c1-6-17-16-28-25(30-24(17)18(15-26)19-9-7-8-10-27-19)29-20-13-22(33(34)35)21(14-23(20)36-5)32(4)12-11-31(2)3/h7-10,13-16,26-27H,6,11-12H2,1-5H3,(H,28,29,30)/b19-18+,26-15?. The second-order valence-corrected chi connectivity index (χ2v) is 8.40. The molecule has 0 aliphatic carbocycles. The molecule has 0 saturated heterocycles. The third-order valence-corrected chi connectivity index (χ3v) is 5.68. The molecule has 0 saturated carbocycles. The molecule has 1 aromatic heterocycles. The highest BCUT2D eigenvalue weighted by Crippen LogP contribution is 2.39. The Balaban J connectivity index is 2.03. The molecule has 36 heavy (non-hydrogen) atoms. The molecule has 0 atom stereocenters. The molecule has 0 radical (unpaired) electrons. The Hall–Kier alpha value is -4.25. The van der Waals surface area contributed by atoms with Crippen molar-refractivity contribution in [2.45, 2.75) is 13.3 Å². The number of aromatic nitrogens is 2. The van der Waals surface area contributed by atoms with Gasteiger partial charge in [0.25, 0.3) is 5.69 Å². The summed E-state index contributed by atoms with van der Waals surface area (Å²) < 4.78 is 5.56. The monoisotopic (exact) mass is 492 g/mol. The van der Waals surface area contributed by atoms with Gasteiger partial charge >= 0.3 is 0 Å². The summed E-state index contributed by atoms with van der Waals surface area (Å²) in [6.07, 6.45) is 11.0. The highest BCUT2D eigenvalue weighted by Gasteiger charge is 2.23. The average molecular weight is 493 g/mol. The highest BCUT2D eigenvalue weighted by atomic mass is 16.6. The van der Waals surface area contributed by atoms with Crippen LogP contribution in [0.2, 0.25) is 0 Å². The molecule has 2 aromatic rings. The van der Waals surface area contributed by atoms with Crippen LogP contribution in [0.3, 0.4) is 0 Å². The van der Waals surface area contributed by atoms with Gasteiger partial charge in [-0.15, -0.1) is 0 Å². The Bertz CT molecular complexity index is 1220. The Labute approximate surface area is 210 Å². The Morgan fingerprint density at radius 2 is 2.06 bits per heavy atom. The van der Waals surface area contributed by atoms with E-state index in [0.717, 1.165) is 17.8 Å². The van der Waals surface area contributed by atoms with Crippen LogP contribution >= 0.6 is 0 Å². The van der Waals surface area contributed by atoms with Crippen LogP contribution in [-0.2, 0) is 6.42 Å². The molecule has 0 spiro atoms. The van der Waals surface area contributed by atoms with Gasteiger partial charge in [0.2, 0.25) is 5.95 Å². The first-order chi connectivity index (χ1) is 17.3. The van der Waals surface area contributed by atoms with Crippen molar-refractivity contribution in [1.29, 1.82) is 5.41 Å². The van der Waals surface area contributed by atoms with Gasteiger partial charge in [0, 0.05) is 62.2 Å². The van der Waals surface area contributed by atoms with Gasteiger partial charge in [-0.05, 0) is 38.2 Å². The maximum atomic E-state index is 11.9. The summed E-state index contributed by atoms with van der Waals surface area (Å²) in [5.41, 5.74) is 3.57. The number of nitro groups is 1. The van der Waals surface area contributed by atoms with Crippen LogP contribution in [-0.4, -0.2) is 67.3 Å². The summed E-state index contributed by atoms with van der Waals surface area (Å²) in [6.45, 7) is 3.33. The van der Waals surface area contributed by atoms with Crippen molar-refractivity contribution in [2.75, 3.05) is 51.6 Å². The number of nitrogens with zero attached hydrogens (tertiary/aromatic N) is 5. The lowest BCUT2D eigenvalue weighted by atomic mass is 10.0. The smallest absolute Gasteiger partial charge is 0.294 e. The number of benzene rings is 1. The molecule has 3 N–H and O–H groups in total. The van der Waals surface area contributed by atoms with Gasteiger partial charge in [0.1, 0.15) is 11.4 Å². The number of likely N-dealkylation sites (N-methyl/N-ethyl adjacent to an activating group) is 2. The number of rotatable bonds is 11. The van der Waals surface area contributed by atoms with E-state index in [1.165, 1.54) is 19.4 Å². The molecule has 0 bridgehead atoms. The van der Waals surface area contributed by atoms with Crippen LogP contribution in [0.25, 0.3) is 5.57 Å². The van der Waals surface area contributed by atoms with E-state index < -0.39 is 4.92 Å². The zero-order chi connectivity index (χ0) is 26.2. The number of hydrogen-bond donors (Lipinski definition) is 3. The summed E-state index contributed by atoms with van der Waals surface area (Å²) >= 11 is 0. The van der Waals surface area contributed by atoms with Gasteiger partial charge in [0.05, 0.1) is 23.4 Å². The number of methoxy groups -OCH3 is 1. The maximum Gasteiger partial charge on any atom is 0.294 e. The molecule has 0 fully saturated rings. The summed E-state index contributed by atoms with van der Waals surface area (Å²) in [5, 5.41) is 26.1. The predicted octanol–water partition coefficient (Wildman–Crippen LogP) is 3.73. The number of nitrogens with one attached hydrogen (secondary N) is 3. The number of nitro benzene ring substituents is 1. The molecule has 11 nitrogen and oxygen atoms in total. The van der Waals surface area contributed by atoms with Crippen molar-refractivity contribution in [3.63, 3.8) is 0 Å². The van der Waals surface area contributed by atoms with E-state index in [1.807, 2.05) is 56.1 Å². The van der Waals surface area contributed by atoms with E-state index >= 15 is 0 Å². The number of anilines is 3. The minimum atomic E-state index is -0.412. The zero-order valence-corrected chi connectivity index (χ0v) is 21.2. The third-order valence-electron chi connectivity index (χ3n) is 5.68. The minimum absolute atomic E-state index is 0.0596. The molecule has 1 aromatic carbocycles. The Morgan fingerprint density at radius 1 is 1.28 bits per heavy atom. The highest BCUT2D eigenvalue weighted by molar-refractivity contribution is 6.10. The van der Waals surface area contributed by atoms with E-state index in [0.29, 0.717) is 41.4 Å². The third kappa shape index (κ3) is 6.05. The summed E-state index contributed by atoms with van der Waals surface area (Å²) in [6, 6.07) is 3.08. The summed E-state index contributed by atoms with van der Waals surface area (Å²) in [5.74, 6) is 0.656. The molecule has 2 heterocycles. The lowest BCUT2D eigenvalue weighted by Gasteiger charge is -2.23. The van der Waals surface area contributed by atoms with Crippen LogP contribution in [0.4, 0.5) is 23.0 Å². The molecule has 11 heteroatoms. The van der Waals surface area contributed by atoms with Gasteiger partial charge in [-0.3, -0.25) is 10.1 Å². The first kappa shape index (κ1) is 26.4. The summed E-state index contributed by atoms with van der Waals surface area (Å²) in [4.78, 5) is 24.4. The number of dihydropyridines is 1. The molecule has 190 valence electrons. The summed E-state index contributed by atoms with van der Waals surface area (Å²) in [7, 11) is 7.22. The molecule has 0 unspecified atom stereocenters. The molecular weight excluding hydrogens is 460 g/mol. The van der Waals surface area contributed by atoms with Crippen molar-refractivity contribution >= 4 is 34.8 Å². The van der Waals surface area contributed by atoms with Crippen LogP contribution in [0.15, 0.2) is 48.5 Å². The van der Waals surface area contributed by atoms with Gasteiger partial charge in [-0.25, -0.2) is 9.97 Å². The van der Waals surface area contributed by atoms with Gasteiger partial charge < -0.3 is 30.6 Å². The topological polar surface area (TPSA) is 133 Å². The molecule has 0 amide bonds. The largest absolute Gasteiger partial charge is 0.494 e.